The van der Waals surface area contributed by atoms with E-state index >= 15 is 0 Å². The fourth-order valence-electron chi connectivity index (χ4n) is 2.53. The highest BCUT2D eigenvalue weighted by atomic mass is 16.5. The van der Waals surface area contributed by atoms with Gasteiger partial charge in [0.1, 0.15) is 6.54 Å². The maximum absolute atomic E-state index is 12.6. The molecule has 0 aliphatic rings. The van der Waals surface area contributed by atoms with E-state index in [1.54, 1.807) is 6.92 Å². The molecule has 2 rings (SSSR count). The lowest BCUT2D eigenvalue weighted by Crippen LogP contribution is -2.42. The first-order valence-electron chi connectivity index (χ1n) is 7.64. The van der Waals surface area contributed by atoms with Crippen LogP contribution in [0.15, 0.2) is 21.7 Å². The van der Waals surface area contributed by atoms with Gasteiger partial charge in [-0.25, -0.2) is 4.79 Å². The van der Waals surface area contributed by atoms with Crippen molar-refractivity contribution in [3.63, 3.8) is 0 Å². The fraction of sp³-hybridized carbons (Fsp3) is 0.438. The lowest BCUT2D eigenvalue weighted by atomic mass is 10.2. The normalized spacial score (nSPS) is 10.7. The maximum Gasteiger partial charge on any atom is 0.332 e. The molecule has 0 spiro atoms. The molecule has 1 N–H and O–H groups in total. The van der Waals surface area contributed by atoms with E-state index in [2.05, 4.69) is 0 Å². The molecule has 25 heavy (non-hydrogen) atoms. The molecule has 1 heterocycles. The number of hydrogen-bond acceptors (Lipinski definition) is 7. The standard InChI is InChI=1S/C16H20N2O7/c1-4-25-14(20)9-18-11-8-13(24-3)12(23-2)7-10(11)15(21)17(5-6-19)16(18)22/h7-8,19H,4-6,9H2,1-3H3. The number of rotatable bonds is 7. The van der Waals surface area contributed by atoms with Gasteiger partial charge in [0, 0.05) is 6.07 Å². The number of methoxy groups -OCH3 is 2. The Morgan fingerprint density at radius 3 is 2.32 bits per heavy atom. The Morgan fingerprint density at radius 2 is 1.76 bits per heavy atom. The number of ether oxygens (including phenoxy) is 3. The lowest BCUT2D eigenvalue weighted by molar-refractivity contribution is -0.143. The van der Waals surface area contributed by atoms with Gasteiger partial charge in [-0.15, -0.1) is 0 Å². The van der Waals surface area contributed by atoms with Gasteiger partial charge in [0.2, 0.25) is 0 Å². The summed E-state index contributed by atoms with van der Waals surface area (Å²) >= 11 is 0. The van der Waals surface area contributed by atoms with Crippen LogP contribution in [0.25, 0.3) is 10.9 Å². The molecule has 0 aliphatic heterocycles. The van der Waals surface area contributed by atoms with Gasteiger partial charge in [-0.05, 0) is 13.0 Å². The van der Waals surface area contributed by atoms with Crippen molar-refractivity contribution < 1.29 is 24.1 Å². The van der Waals surface area contributed by atoms with Crippen LogP contribution in [0.2, 0.25) is 0 Å². The number of nitrogens with zero attached hydrogens (tertiary/aromatic N) is 2. The molecule has 1 aromatic carbocycles. The molecule has 0 saturated carbocycles. The molecule has 0 bridgehead atoms. The van der Waals surface area contributed by atoms with E-state index in [9.17, 15) is 14.4 Å². The van der Waals surface area contributed by atoms with Crippen LogP contribution >= 0.6 is 0 Å². The molecule has 136 valence electrons. The minimum Gasteiger partial charge on any atom is -0.493 e. The number of aliphatic hydroxyl groups is 1. The van der Waals surface area contributed by atoms with Crippen LogP contribution in [-0.4, -0.2) is 47.6 Å². The number of carbonyl (C=O) groups is 1. The highest BCUT2D eigenvalue weighted by Crippen LogP contribution is 2.30. The van der Waals surface area contributed by atoms with Gasteiger partial charge >= 0.3 is 11.7 Å². The SMILES string of the molecule is CCOC(=O)Cn1c(=O)n(CCO)c(=O)c2cc(OC)c(OC)cc21. The van der Waals surface area contributed by atoms with E-state index in [4.69, 9.17) is 19.3 Å². The highest BCUT2D eigenvalue weighted by Gasteiger charge is 2.18. The molecular formula is C16H20N2O7. The zero-order chi connectivity index (χ0) is 18.6. The summed E-state index contributed by atoms with van der Waals surface area (Å²) in [4.78, 5) is 37.1. The van der Waals surface area contributed by atoms with Gasteiger partial charge in [0.25, 0.3) is 5.56 Å². The smallest absolute Gasteiger partial charge is 0.332 e. The Kier molecular flexibility index (Phi) is 5.81. The van der Waals surface area contributed by atoms with E-state index in [-0.39, 0.29) is 30.6 Å². The van der Waals surface area contributed by atoms with Crippen molar-refractivity contribution in [2.24, 2.45) is 0 Å². The van der Waals surface area contributed by atoms with Gasteiger partial charge < -0.3 is 19.3 Å². The van der Waals surface area contributed by atoms with Crippen molar-refractivity contribution in [2.45, 2.75) is 20.0 Å². The van der Waals surface area contributed by atoms with Crippen LogP contribution in [0.5, 0.6) is 11.5 Å². The summed E-state index contributed by atoms with van der Waals surface area (Å²) in [6, 6.07) is 2.89. The van der Waals surface area contributed by atoms with Crippen molar-refractivity contribution in [3.05, 3.63) is 33.0 Å². The van der Waals surface area contributed by atoms with Crippen LogP contribution < -0.4 is 20.7 Å². The summed E-state index contributed by atoms with van der Waals surface area (Å²) in [5.41, 5.74) is -1.09. The summed E-state index contributed by atoms with van der Waals surface area (Å²) in [7, 11) is 2.84. The minimum absolute atomic E-state index is 0.162. The highest BCUT2D eigenvalue weighted by molar-refractivity contribution is 5.83. The predicted molar refractivity (Wildman–Crippen MR) is 89.3 cm³/mol. The van der Waals surface area contributed by atoms with Gasteiger partial charge in [-0.3, -0.25) is 18.7 Å². The van der Waals surface area contributed by atoms with Crippen molar-refractivity contribution in [3.8, 4) is 11.5 Å². The third-order valence-electron chi connectivity index (χ3n) is 3.65. The molecule has 0 amide bonds. The van der Waals surface area contributed by atoms with E-state index in [1.807, 2.05) is 0 Å². The molecule has 2 aromatic rings. The first-order valence-corrected chi connectivity index (χ1v) is 7.64. The maximum atomic E-state index is 12.6. The summed E-state index contributed by atoms with van der Waals surface area (Å²) in [5, 5.41) is 9.30. The summed E-state index contributed by atoms with van der Waals surface area (Å²) in [6.07, 6.45) is 0. The number of hydrogen-bond donors (Lipinski definition) is 1. The van der Waals surface area contributed by atoms with Gasteiger partial charge in [0.05, 0.1) is 44.9 Å². The van der Waals surface area contributed by atoms with E-state index in [1.165, 1.54) is 26.4 Å². The number of aliphatic hydroxyl groups excluding tert-OH is 1. The molecule has 9 heteroatoms. The van der Waals surface area contributed by atoms with E-state index in [0.717, 1.165) is 9.13 Å². The quantitative estimate of drug-likeness (QED) is 0.684. The lowest BCUT2D eigenvalue weighted by Gasteiger charge is -2.15. The van der Waals surface area contributed by atoms with E-state index < -0.39 is 23.8 Å². The summed E-state index contributed by atoms with van der Waals surface area (Å²) < 4.78 is 17.3. The van der Waals surface area contributed by atoms with Crippen LogP contribution in [0, 0.1) is 0 Å². The second-order valence-corrected chi connectivity index (χ2v) is 5.08. The molecule has 0 unspecified atom stereocenters. The number of carbonyl (C=O) groups excluding carboxylic acids is 1. The summed E-state index contributed by atoms with van der Waals surface area (Å²) in [6.45, 7) is 0.862. The predicted octanol–water partition coefficient (Wildman–Crippen LogP) is -0.264. The van der Waals surface area contributed by atoms with Crippen molar-refractivity contribution >= 4 is 16.9 Å². The van der Waals surface area contributed by atoms with E-state index in [0.29, 0.717) is 11.5 Å². The largest absolute Gasteiger partial charge is 0.493 e. The Hall–Kier alpha value is -2.81. The Labute approximate surface area is 143 Å². The fourth-order valence-corrected chi connectivity index (χ4v) is 2.53. The number of fused-ring (bicyclic) bond motifs is 1. The number of aromatic nitrogens is 2. The van der Waals surface area contributed by atoms with Gasteiger partial charge in [-0.2, -0.15) is 0 Å². The van der Waals surface area contributed by atoms with Gasteiger partial charge in [-0.1, -0.05) is 0 Å². The van der Waals surface area contributed by atoms with Crippen LogP contribution in [-0.2, 0) is 22.6 Å². The minimum atomic E-state index is -0.716. The van der Waals surface area contributed by atoms with Crippen molar-refractivity contribution in [2.75, 3.05) is 27.4 Å². The van der Waals surface area contributed by atoms with Crippen LogP contribution in [0.1, 0.15) is 6.92 Å². The Morgan fingerprint density at radius 1 is 1.12 bits per heavy atom. The molecule has 1 aromatic heterocycles. The number of esters is 1. The summed E-state index contributed by atoms with van der Waals surface area (Å²) in [5.74, 6) is 0.00480. The molecule has 0 atom stereocenters. The second kappa shape index (κ2) is 7.84. The average molecular weight is 352 g/mol. The van der Waals surface area contributed by atoms with Crippen molar-refractivity contribution in [1.82, 2.24) is 9.13 Å². The first kappa shape index (κ1) is 18.5. The van der Waals surface area contributed by atoms with Crippen LogP contribution in [0.3, 0.4) is 0 Å². The van der Waals surface area contributed by atoms with Crippen LogP contribution in [0.4, 0.5) is 0 Å². The molecule has 9 nitrogen and oxygen atoms in total. The Bertz CT molecular complexity index is 898. The third-order valence-corrected chi connectivity index (χ3v) is 3.65. The molecular weight excluding hydrogens is 332 g/mol. The monoisotopic (exact) mass is 352 g/mol. The molecule has 0 aliphatic carbocycles. The topological polar surface area (TPSA) is 109 Å². The average Bonchev–Trinajstić information content (AvgIpc) is 2.61. The number of benzene rings is 1. The van der Waals surface area contributed by atoms with Gasteiger partial charge in [0.15, 0.2) is 11.5 Å². The zero-order valence-electron chi connectivity index (χ0n) is 14.3. The molecule has 0 saturated heterocycles. The van der Waals surface area contributed by atoms with Crippen molar-refractivity contribution in [1.29, 1.82) is 0 Å². The molecule has 0 radical (unpaired) electrons. The second-order valence-electron chi connectivity index (χ2n) is 5.08. The molecule has 0 fully saturated rings. The zero-order valence-corrected chi connectivity index (χ0v) is 14.3. The Balaban J connectivity index is 2.84. The third kappa shape index (κ3) is 3.50. The first-order chi connectivity index (χ1) is 12.0.